The monoisotopic (exact) mass is 427 g/mol. The summed E-state index contributed by atoms with van der Waals surface area (Å²) in [7, 11) is 0. The second kappa shape index (κ2) is 7.14. The van der Waals surface area contributed by atoms with E-state index in [4.69, 9.17) is 4.74 Å². The van der Waals surface area contributed by atoms with Crippen LogP contribution in [-0.2, 0) is 16.7 Å². The number of cyclic esters (lactones) is 1. The van der Waals surface area contributed by atoms with Crippen molar-refractivity contribution in [2.75, 3.05) is 24.5 Å². The summed E-state index contributed by atoms with van der Waals surface area (Å²) in [4.78, 5) is 18.6. The number of carbonyl (C=O) groups is 1. The third-order valence-electron chi connectivity index (χ3n) is 6.90. The van der Waals surface area contributed by atoms with Crippen LogP contribution in [0.4, 0.5) is 10.5 Å². The largest absolute Gasteiger partial charge is 0.442 e. The number of rotatable bonds is 5. The molecule has 1 aromatic carbocycles. The highest BCUT2D eigenvalue weighted by Gasteiger charge is 2.69. The Hall–Kier alpha value is -3.77. The Kier molecular flexibility index (Phi) is 4.23. The molecule has 1 N–H and O–H groups in total. The number of amides is 1. The van der Waals surface area contributed by atoms with Crippen LogP contribution in [0, 0.1) is 23.2 Å². The lowest BCUT2D eigenvalue weighted by atomic mass is 9.96. The van der Waals surface area contributed by atoms with Gasteiger partial charge in [-0.05, 0) is 23.8 Å². The van der Waals surface area contributed by atoms with Crippen LogP contribution in [0.2, 0.25) is 0 Å². The normalized spacial score (nSPS) is 28.3. The Balaban J connectivity index is 1.16. The quantitative estimate of drug-likeness (QED) is 0.663. The van der Waals surface area contributed by atoms with Crippen LogP contribution >= 0.6 is 0 Å². The lowest BCUT2D eigenvalue weighted by molar-refractivity contribution is 0.129. The number of ether oxygens (including phenoxy) is 1. The molecule has 2 saturated heterocycles. The van der Waals surface area contributed by atoms with Crippen molar-refractivity contribution in [3.05, 3.63) is 60.7 Å². The van der Waals surface area contributed by atoms with Gasteiger partial charge in [-0.15, -0.1) is 5.10 Å². The first-order valence-electron chi connectivity index (χ1n) is 10.7. The topological polar surface area (TPSA) is 109 Å². The first kappa shape index (κ1) is 19.0. The van der Waals surface area contributed by atoms with E-state index in [1.807, 2.05) is 42.6 Å². The van der Waals surface area contributed by atoms with Gasteiger partial charge in [-0.1, -0.05) is 23.4 Å². The average Bonchev–Trinajstić information content (AvgIpc) is 3.35. The van der Waals surface area contributed by atoms with E-state index < -0.39 is 5.41 Å². The molecule has 1 amide bonds. The van der Waals surface area contributed by atoms with Gasteiger partial charge in [0.1, 0.15) is 11.5 Å². The second-order valence-electron chi connectivity index (χ2n) is 8.57. The maximum atomic E-state index is 12.3. The van der Waals surface area contributed by atoms with Crippen LogP contribution in [0.5, 0.6) is 0 Å². The van der Waals surface area contributed by atoms with Gasteiger partial charge in [0, 0.05) is 48.6 Å². The average molecular weight is 427 g/mol. The zero-order chi connectivity index (χ0) is 21.7. The van der Waals surface area contributed by atoms with E-state index in [9.17, 15) is 10.1 Å². The number of fused-ring (bicyclic) bond motifs is 1. The number of hydrogen-bond acceptors (Lipinski definition) is 7. The molecule has 160 valence electrons. The predicted molar refractivity (Wildman–Crippen MR) is 114 cm³/mol. The van der Waals surface area contributed by atoms with Crippen LogP contribution in [0.25, 0.3) is 11.1 Å². The first-order chi connectivity index (χ1) is 15.7. The molecule has 9 nitrogen and oxygen atoms in total. The molecular formula is C23H21N7O2. The summed E-state index contributed by atoms with van der Waals surface area (Å²) in [5, 5.41) is 20.8. The van der Waals surface area contributed by atoms with E-state index in [0.717, 1.165) is 35.6 Å². The fourth-order valence-electron chi connectivity index (χ4n) is 5.15. The summed E-state index contributed by atoms with van der Waals surface area (Å²) in [6, 6.07) is 14.3. The summed E-state index contributed by atoms with van der Waals surface area (Å²) in [6.07, 6.45) is 4.55. The molecule has 2 aromatic heterocycles. The third kappa shape index (κ3) is 2.87. The van der Waals surface area contributed by atoms with Crippen LogP contribution in [0.1, 0.15) is 5.69 Å². The summed E-state index contributed by atoms with van der Waals surface area (Å²) < 4.78 is 7.12. The Labute approximate surface area is 184 Å². The molecule has 6 rings (SSSR count). The number of nitriles is 1. The number of pyridine rings is 1. The number of piperidine rings is 1. The predicted octanol–water partition coefficient (Wildman–Crippen LogP) is 1.98. The number of anilines is 1. The van der Waals surface area contributed by atoms with Crippen molar-refractivity contribution in [3.8, 4) is 17.2 Å². The molecule has 3 aliphatic rings. The van der Waals surface area contributed by atoms with Gasteiger partial charge in [0.25, 0.3) is 0 Å². The third-order valence-corrected chi connectivity index (χ3v) is 6.90. The molecule has 0 spiro atoms. The molecule has 0 radical (unpaired) electrons. The Bertz CT molecular complexity index is 1170. The van der Waals surface area contributed by atoms with Gasteiger partial charge in [-0.25, -0.2) is 9.48 Å². The van der Waals surface area contributed by atoms with Crippen molar-refractivity contribution in [1.29, 1.82) is 5.26 Å². The van der Waals surface area contributed by atoms with Gasteiger partial charge in [0.15, 0.2) is 0 Å². The maximum Gasteiger partial charge on any atom is 0.414 e. The number of aromatic nitrogens is 4. The number of nitrogens with zero attached hydrogens (tertiary/aromatic N) is 6. The molecule has 2 aliphatic heterocycles. The Morgan fingerprint density at radius 1 is 1.16 bits per heavy atom. The van der Waals surface area contributed by atoms with E-state index in [-0.39, 0.29) is 12.2 Å². The fourth-order valence-corrected chi connectivity index (χ4v) is 5.15. The number of nitrogens with one attached hydrogen (secondary N) is 1. The van der Waals surface area contributed by atoms with E-state index in [2.05, 4.69) is 26.7 Å². The van der Waals surface area contributed by atoms with Crippen molar-refractivity contribution in [2.24, 2.45) is 11.8 Å². The van der Waals surface area contributed by atoms with E-state index in [0.29, 0.717) is 24.9 Å². The summed E-state index contributed by atoms with van der Waals surface area (Å²) >= 11 is 0. The SMILES string of the molecule is N#C[C@]1(c2ccc(-c3ccc(N4C[C@H](Cn5ccnn5)OC4=O)cc3)cn2)[C@@H]2CNC[C@@H]21. The summed E-state index contributed by atoms with van der Waals surface area (Å²) in [5.41, 5.74) is 3.21. The highest BCUT2D eigenvalue weighted by Crippen LogP contribution is 2.60. The number of carbonyl (C=O) groups excluding carboxylic acids is 1. The highest BCUT2D eigenvalue weighted by atomic mass is 16.6. The molecule has 9 heteroatoms. The zero-order valence-corrected chi connectivity index (χ0v) is 17.3. The molecule has 0 unspecified atom stereocenters. The molecule has 1 aliphatic carbocycles. The van der Waals surface area contributed by atoms with Gasteiger partial charge in [-0.3, -0.25) is 9.88 Å². The van der Waals surface area contributed by atoms with Crippen molar-refractivity contribution in [1.82, 2.24) is 25.3 Å². The number of benzene rings is 1. The van der Waals surface area contributed by atoms with Gasteiger partial charge < -0.3 is 10.1 Å². The lowest BCUT2D eigenvalue weighted by Gasteiger charge is -2.15. The Morgan fingerprint density at radius 3 is 2.59 bits per heavy atom. The van der Waals surface area contributed by atoms with Crippen molar-refractivity contribution in [3.63, 3.8) is 0 Å². The first-order valence-corrected chi connectivity index (χ1v) is 10.7. The molecular weight excluding hydrogens is 406 g/mol. The minimum Gasteiger partial charge on any atom is -0.442 e. The minimum absolute atomic E-state index is 0.273. The van der Waals surface area contributed by atoms with Gasteiger partial charge in [0.05, 0.1) is 31.0 Å². The molecule has 4 atom stereocenters. The van der Waals surface area contributed by atoms with Crippen LogP contribution < -0.4 is 10.2 Å². The fraction of sp³-hybridized carbons (Fsp3) is 0.348. The van der Waals surface area contributed by atoms with Crippen LogP contribution in [-0.4, -0.2) is 51.8 Å². The van der Waals surface area contributed by atoms with E-state index in [1.54, 1.807) is 22.0 Å². The van der Waals surface area contributed by atoms with Crippen LogP contribution in [0.3, 0.4) is 0 Å². The van der Waals surface area contributed by atoms with Crippen molar-refractivity contribution in [2.45, 2.75) is 18.1 Å². The van der Waals surface area contributed by atoms with Crippen molar-refractivity contribution >= 4 is 11.8 Å². The standard InChI is InChI=1S/C23H21N7O2/c24-14-23(19-10-25-11-20(19)23)21-6-3-16(9-26-21)15-1-4-17(5-2-15)30-13-18(32-22(30)31)12-29-8-7-27-28-29/h1-9,18-20,25H,10-13H2/t18-,19-,20+,23+/m0/s1. The van der Waals surface area contributed by atoms with Gasteiger partial charge in [0.2, 0.25) is 0 Å². The smallest absolute Gasteiger partial charge is 0.414 e. The minimum atomic E-state index is -0.424. The molecule has 3 fully saturated rings. The molecule has 4 heterocycles. The van der Waals surface area contributed by atoms with Crippen molar-refractivity contribution < 1.29 is 9.53 Å². The van der Waals surface area contributed by atoms with E-state index >= 15 is 0 Å². The zero-order valence-electron chi connectivity index (χ0n) is 17.3. The Morgan fingerprint density at radius 2 is 1.94 bits per heavy atom. The van der Waals surface area contributed by atoms with Gasteiger partial charge in [-0.2, -0.15) is 5.26 Å². The molecule has 0 bridgehead atoms. The summed E-state index contributed by atoms with van der Waals surface area (Å²) in [6.45, 7) is 2.71. The highest BCUT2D eigenvalue weighted by molar-refractivity contribution is 5.90. The molecule has 3 aromatic rings. The summed E-state index contributed by atoms with van der Waals surface area (Å²) in [5.74, 6) is 0.748. The second-order valence-corrected chi connectivity index (χ2v) is 8.57. The maximum absolute atomic E-state index is 12.3. The van der Waals surface area contributed by atoms with E-state index in [1.165, 1.54) is 0 Å². The lowest BCUT2D eigenvalue weighted by Crippen LogP contribution is -2.26. The number of hydrogen-bond donors (Lipinski definition) is 1. The molecule has 32 heavy (non-hydrogen) atoms. The van der Waals surface area contributed by atoms with Crippen LogP contribution in [0.15, 0.2) is 55.0 Å². The van der Waals surface area contributed by atoms with Gasteiger partial charge >= 0.3 is 6.09 Å². The molecule has 1 saturated carbocycles.